The molecular formula is C10H14N2O5Th. The molecule has 8 heteroatoms. The third kappa shape index (κ3) is 3.07. The van der Waals surface area contributed by atoms with Crippen LogP contribution < -0.4 is 11.2 Å². The molecule has 0 amide bonds. The first kappa shape index (κ1) is 15.9. The summed E-state index contributed by atoms with van der Waals surface area (Å²) in [6, 6.07) is 0. The maximum atomic E-state index is 11.6. The van der Waals surface area contributed by atoms with Gasteiger partial charge in [-0.2, -0.15) is 0 Å². The SMILES string of the molecule is Cc1cn([C@H]2C[C@H](O)[C@@H](CO)O2)c(=O)[nH]c1=O.[Th]. The first-order valence-electron chi connectivity index (χ1n) is 5.29. The van der Waals surface area contributed by atoms with E-state index >= 15 is 0 Å². The van der Waals surface area contributed by atoms with E-state index < -0.39 is 29.7 Å². The van der Waals surface area contributed by atoms with Crippen LogP contribution in [-0.4, -0.2) is 38.6 Å². The van der Waals surface area contributed by atoms with Crippen molar-refractivity contribution in [2.24, 2.45) is 0 Å². The average Bonchev–Trinajstić information content (AvgIpc) is 2.65. The topological polar surface area (TPSA) is 105 Å². The Morgan fingerprint density at radius 3 is 2.78 bits per heavy atom. The Kier molecular flexibility index (Phi) is 5.63. The summed E-state index contributed by atoms with van der Waals surface area (Å²) in [5.41, 5.74) is -0.643. The Bertz CT molecular complexity index is 526. The van der Waals surface area contributed by atoms with Gasteiger partial charge in [-0.15, -0.1) is 0 Å². The summed E-state index contributed by atoms with van der Waals surface area (Å²) in [7, 11) is 0. The maximum absolute atomic E-state index is 11.6. The molecule has 2 rings (SSSR count). The van der Waals surface area contributed by atoms with Crippen LogP contribution in [0.25, 0.3) is 0 Å². The number of ether oxygens (including phenoxy) is 1. The predicted molar refractivity (Wildman–Crippen MR) is 57.7 cm³/mol. The van der Waals surface area contributed by atoms with E-state index in [4.69, 9.17) is 9.84 Å². The zero-order valence-corrected chi connectivity index (χ0v) is 13.9. The molecule has 18 heavy (non-hydrogen) atoms. The molecule has 1 saturated heterocycles. The summed E-state index contributed by atoms with van der Waals surface area (Å²) >= 11 is 0. The normalized spacial score (nSPS) is 26.9. The summed E-state index contributed by atoms with van der Waals surface area (Å²) in [6.07, 6.45) is -0.581. The van der Waals surface area contributed by atoms with Crippen LogP contribution in [0.3, 0.4) is 0 Å². The van der Waals surface area contributed by atoms with Crippen LogP contribution >= 0.6 is 0 Å². The van der Waals surface area contributed by atoms with Gasteiger partial charge in [-0.3, -0.25) is 14.3 Å². The van der Waals surface area contributed by atoms with Gasteiger partial charge in [0.2, 0.25) is 0 Å². The van der Waals surface area contributed by atoms with Crippen molar-refractivity contribution in [3.8, 4) is 0 Å². The van der Waals surface area contributed by atoms with Crippen molar-refractivity contribution >= 4 is 0 Å². The summed E-state index contributed by atoms with van der Waals surface area (Å²) in [6.45, 7) is 1.26. The zero-order valence-electron chi connectivity index (χ0n) is 9.79. The summed E-state index contributed by atoms with van der Waals surface area (Å²) in [4.78, 5) is 24.9. The fourth-order valence-electron chi connectivity index (χ4n) is 1.85. The van der Waals surface area contributed by atoms with Crippen LogP contribution in [0.2, 0.25) is 0 Å². The van der Waals surface area contributed by atoms with E-state index in [0.717, 1.165) is 0 Å². The van der Waals surface area contributed by atoms with E-state index in [-0.39, 0.29) is 53.0 Å². The molecule has 0 spiro atoms. The number of aliphatic hydroxyl groups is 2. The van der Waals surface area contributed by atoms with Crippen molar-refractivity contribution in [2.45, 2.75) is 31.8 Å². The molecule has 0 aromatic carbocycles. The fourth-order valence-corrected chi connectivity index (χ4v) is 1.85. The molecule has 1 aliphatic heterocycles. The maximum Gasteiger partial charge on any atom is 0.330 e. The van der Waals surface area contributed by atoms with Gasteiger partial charge in [-0.1, -0.05) is 0 Å². The zero-order chi connectivity index (χ0) is 12.6. The Morgan fingerprint density at radius 2 is 2.22 bits per heavy atom. The van der Waals surface area contributed by atoms with Crippen LogP contribution in [0.1, 0.15) is 18.2 Å². The van der Waals surface area contributed by atoms with E-state index in [1.165, 1.54) is 10.8 Å². The molecule has 2 heterocycles. The van der Waals surface area contributed by atoms with E-state index in [1.807, 2.05) is 0 Å². The number of H-pyrrole nitrogens is 1. The van der Waals surface area contributed by atoms with Crippen LogP contribution in [0, 0.1) is 46.9 Å². The minimum absolute atomic E-state index is 0. The van der Waals surface area contributed by atoms with Crippen molar-refractivity contribution in [2.75, 3.05) is 6.61 Å². The third-order valence-corrected chi connectivity index (χ3v) is 2.84. The third-order valence-electron chi connectivity index (χ3n) is 2.84. The molecule has 1 fully saturated rings. The standard InChI is InChI=1S/C10H14N2O5.Th/c1-5-3-12(10(16)11-9(5)15)8-2-6(14)7(4-13)17-8;/h3,6-8,13-14H,2,4H2,1H3,(H,11,15,16);/t6-,7+,8+;/m0./s1. The molecule has 0 bridgehead atoms. The molecule has 7 nitrogen and oxygen atoms in total. The minimum atomic E-state index is -0.816. The molecule has 0 radical (unpaired) electrons. The van der Waals surface area contributed by atoms with E-state index in [9.17, 15) is 14.7 Å². The van der Waals surface area contributed by atoms with Gasteiger partial charge in [-0.05, 0) is 6.92 Å². The van der Waals surface area contributed by atoms with Crippen LogP contribution in [0.5, 0.6) is 0 Å². The van der Waals surface area contributed by atoms with Gasteiger partial charge in [0.1, 0.15) is 12.3 Å². The molecule has 3 atom stereocenters. The minimum Gasteiger partial charge on any atom is -0.394 e. The second-order valence-corrected chi connectivity index (χ2v) is 4.09. The summed E-state index contributed by atoms with van der Waals surface area (Å²) in [5.74, 6) is 0. The van der Waals surface area contributed by atoms with Crippen molar-refractivity contribution in [3.05, 3.63) is 32.6 Å². The molecule has 0 aliphatic carbocycles. The average molecular weight is 474 g/mol. The van der Waals surface area contributed by atoms with Crippen LogP contribution in [0.15, 0.2) is 15.8 Å². The van der Waals surface area contributed by atoms with Crippen molar-refractivity contribution in [1.82, 2.24) is 9.55 Å². The number of aromatic nitrogens is 2. The fraction of sp³-hybridized carbons (Fsp3) is 0.600. The number of aromatic amines is 1. The Hall–Kier alpha value is -0.115. The van der Waals surface area contributed by atoms with Gasteiger partial charge in [0.25, 0.3) is 5.56 Å². The second-order valence-electron chi connectivity index (χ2n) is 4.09. The van der Waals surface area contributed by atoms with Crippen molar-refractivity contribution in [1.29, 1.82) is 0 Å². The summed E-state index contributed by atoms with van der Waals surface area (Å²) in [5, 5.41) is 18.5. The van der Waals surface area contributed by atoms with Crippen LogP contribution in [-0.2, 0) is 4.74 Å². The van der Waals surface area contributed by atoms with Gasteiger partial charge in [0.05, 0.1) is 12.7 Å². The first-order valence-corrected chi connectivity index (χ1v) is 5.29. The Labute approximate surface area is 134 Å². The number of hydrogen-bond acceptors (Lipinski definition) is 5. The molecule has 98 valence electrons. The molecule has 1 aromatic heterocycles. The van der Waals surface area contributed by atoms with Crippen molar-refractivity contribution < 1.29 is 54.9 Å². The van der Waals surface area contributed by atoms with Crippen LogP contribution in [0.4, 0.5) is 0 Å². The number of aliphatic hydroxyl groups excluding tert-OH is 2. The quantitative estimate of drug-likeness (QED) is 0.484. The van der Waals surface area contributed by atoms with Gasteiger partial charge < -0.3 is 14.9 Å². The smallest absolute Gasteiger partial charge is 0.330 e. The summed E-state index contributed by atoms with van der Waals surface area (Å²) < 4.78 is 6.54. The molecule has 3 N–H and O–H groups in total. The predicted octanol–water partition coefficient (Wildman–Crippen LogP) is -1.51. The molecule has 0 saturated carbocycles. The van der Waals surface area contributed by atoms with Gasteiger partial charge in [0, 0.05) is 58.1 Å². The van der Waals surface area contributed by atoms with Gasteiger partial charge in [0.15, 0.2) is 0 Å². The number of rotatable bonds is 2. The number of hydrogen-bond donors (Lipinski definition) is 3. The van der Waals surface area contributed by atoms with E-state index in [2.05, 4.69) is 4.98 Å². The van der Waals surface area contributed by atoms with E-state index in [0.29, 0.717) is 5.56 Å². The molecule has 1 aliphatic rings. The largest absolute Gasteiger partial charge is 0.394 e. The molecule has 0 unspecified atom stereocenters. The number of nitrogens with zero attached hydrogens (tertiary/aromatic N) is 1. The monoisotopic (exact) mass is 474 g/mol. The Morgan fingerprint density at radius 1 is 1.56 bits per heavy atom. The second kappa shape index (κ2) is 6.36. The van der Waals surface area contributed by atoms with Gasteiger partial charge >= 0.3 is 5.69 Å². The van der Waals surface area contributed by atoms with E-state index in [1.54, 1.807) is 6.92 Å². The molecular weight excluding hydrogens is 460 g/mol. The van der Waals surface area contributed by atoms with Crippen molar-refractivity contribution in [3.63, 3.8) is 0 Å². The Balaban J connectivity index is 0.00000162. The number of nitrogens with one attached hydrogen (secondary N) is 1. The molecule has 1 aromatic rings. The van der Waals surface area contributed by atoms with Gasteiger partial charge in [-0.25, -0.2) is 4.79 Å². The first-order chi connectivity index (χ1) is 8.02. The number of aryl methyl sites for hydroxylation is 1.